The van der Waals surface area contributed by atoms with Gasteiger partial charge in [-0.15, -0.1) is 0 Å². The molecule has 12 heteroatoms. The first kappa shape index (κ1) is 27.8. The SMILES string of the molecule is CC(c1nc(Nc2ccc(C(F)(F)F)cc2)c2ccc(-c3ncccc3C(F)(F)F)cc2n1)N1CCCC(O)C1. The van der Waals surface area contributed by atoms with E-state index in [0.29, 0.717) is 41.9 Å². The van der Waals surface area contributed by atoms with Gasteiger partial charge in [0.1, 0.15) is 11.6 Å². The van der Waals surface area contributed by atoms with Crippen LogP contribution in [0.2, 0.25) is 0 Å². The van der Waals surface area contributed by atoms with E-state index in [2.05, 4.69) is 20.3 Å². The maximum absolute atomic E-state index is 13.7. The number of anilines is 2. The van der Waals surface area contributed by atoms with Crippen molar-refractivity contribution < 1.29 is 31.4 Å². The first-order valence-corrected chi connectivity index (χ1v) is 12.6. The second-order valence-corrected chi connectivity index (χ2v) is 9.73. The van der Waals surface area contributed by atoms with E-state index in [1.54, 1.807) is 6.07 Å². The third kappa shape index (κ3) is 5.87. The second-order valence-electron chi connectivity index (χ2n) is 9.73. The highest BCUT2D eigenvalue weighted by atomic mass is 19.4. The largest absolute Gasteiger partial charge is 0.418 e. The molecule has 1 saturated heterocycles. The topological polar surface area (TPSA) is 74.2 Å². The van der Waals surface area contributed by atoms with Crippen LogP contribution >= 0.6 is 0 Å². The number of hydrogen-bond acceptors (Lipinski definition) is 6. The van der Waals surface area contributed by atoms with Crippen LogP contribution in [0, 0.1) is 0 Å². The molecule has 2 aromatic carbocycles. The van der Waals surface area contributed by atoms with Gasteiger partial charge in [0.15, 0.2) is 0 Å². The van der Waals surface area contributed by atoms with E-state index in [1.165, 1.54) is 36.5 Å². The third-order valence-corrected chi connectivity index (χ3v) is 6.93. The van der Waals surface area contributed by atoms with Crippen molar-refractivity contribution in [1.29, 1.82) is 0 Å². The Kier molecular flexibility index (Phi) is 7.40. The number of piperidine rings is 1. The predicted molar refractivity (Wildman–Crippen MR) is 138 cm³/mol. The first-order chi connectivity index (χ1) is 18.9. The maximum Gasteiger partial charge on any atom is 0.418 e. The van der Waals surface area contributed by atoms with Crippen LogP contribution in [-0.4, -0.2) is 44.2 Å². The fourth-order valence-corrected chi connectivity index (χ4v) is 4.82. The number of β-amino-alcohol motifs (C(OH)–C–C–N with tert-alkyl or cyclic N) is 1. The average Bonchev–Trinajstić information content (AvgIpc) is 2.91. The minimum Gasteiger partial charge on any atom is -0.392 e. The Morgan fingerprint density at radius 1 is 0.975 bits per heavy atom. The summed E-state index contributed by atoms with van der Waals surface area (Å²) in [6, 6.07) is 10.8. The van der Waals surface area contributed by atoms with Crippen molar-refractivity contribution >= 4 is 22.4 Å². The molecule has 6 nitrogen and oxygen atoms in total. The highest BCUT2D eigenvalue weighted by Gasteiger charge is 2.34. The van der Waals surface area contributed by atoms with Crippen molar-refractivity contribution in [3.8, 4) is 11.3 Å². The van der Waals surface area contributed by atoms with Crippen molar-refractivity contribution in [2.45, 2.75) is 44.3 Å². The van der Waals surface area contributed by atoms with Crippen molar-refractivity contribution in [3.05, 3.63) is 77.7 Å². The minimum absolute atomic E-state index is 0.201. The Morgan fingerprint density at radius 3 is 2.40 bits per heavy atom. The summed E-state index contributed by atoms with van der Waals surface area (Å²) in [5, 5.41) is 13.7. The molecule has 1 aliphatic rings. The summed E-state index contributed by atoms with van der Waals surface area (Å²) >= 11 is 0. The molecular weight excluding hydrogens is 536 g/mol. The zero-order valence-electron chi connectivity index (χ0n) is 21.3. The number of benzene rings is 2. The molecule has 2 aromatic heterocycles. The summed E-state index contributed by atoms with van der Waals surface area (Å²) in [7, 11) is 0. The normalized spacial score (nSPS) is 17.6. The summed E-state index contributed by atoms with van der Waals surface area (Å²) < 4.78 is 80.2. The molecule has 2 N–H and O–H groups in total. The Balaban J connectivity index is 1.60. The van der Waals surface area contributed by atoms with Gasteiger partial charge in [-0.25, -0.2) is 9.97 Å². The van der Waals surface area contributed by atoms with E-state index < -0.39 is 29.6 Å². The number of aliphatic hydroxyl groups is 1. The number of pyridine rings is 1. The lowest BCUT2D eigenvalue weighted by molar-refractivity contribution is -0.138. The smallest absolute Gasteiger partial charge is 0.392 e. The summed E-state index contributed by atoms with van der Waals surface area (Å²) in [4.78, 5) is 15.3. The Hall–Kier alpha value is -3.77. The molecule has 0 amide bonds. The van der Waals surface area contributed by atoms with Gasteiger partial charge >= 0.3 is 12.4 Å². The van der Waals surface area contributed by atoms with Crippen LogP contribution in [0.15, 0.2) is 60.8 Å². The van der Waals surface area contributed by atoms with Gasteiger partial charge < -0.3 is 10.4 Å². The van der Waals surface area contributed by atoms with Gasteiger partial charge in [0.25, 0.3) is 0 Å². The fraction of sp³-hybridized carbons (Fsp3) is 0.321. The standard InChI is InChI=1S/C28H25F6N5O/c1-16(39-13-3-4-20(40)15-39)25-37-23-14-17(24-22(28(32,33)34)5-2-12-35-24)6-11-21(23)26(38-25)36-19-9-7-18(8-10-19)27(29,30)31/h2,5-12,14,16,20,40H,3-4,13,15H2,1H3,(H,36,37,38). The van der Waals surface area contributed by atoms with Gasteiger partial charge in [-0.1, -0.05) is 6.07 Å². The Labute approximate surface area is 225 Å². The zero-order chi connectivity index (χ0) is 28.7. The molecule has 210 valence electrons. The van der Waals surface area contributed by atoms with Crippen LogP contribution in [-0.2, 0) is 12.4 Å². The molecule has 0 spiro atoms. The van der Waals surface area contributed by atoms with Crippen LogP contribution in [0.25, 0.3) is 22.2 Å². The van der Waals surface area contributed by atoms with E-state index >= 15 is 0 Å². The van der Waals surface area contributed by atoms with E-state index in [0.717, 1.165) is 24.6 Å². The number of alkyl halides is 6. The molecule has 3 heterocycles. The van der Waals surface area contributed by atoms with E-state index in [4.69, 9.17) is 0 Å². The molecule has 2 atom stereocenters. The zero-order valence-corrected chi connectivity index (χ0v) is 21.3. The maximum atomic E-state index is 13.7. The van der Waals surface area contributed by atoms with Crippen LogP contribution in [0.5, 0.6) is 0 Å². The highest BCUT2D eigenvalue weighted by molar-refractivity contribution is 5.93. The minimum atomic E-state index is -4.62. The first-order valence-electron chi connectivity index (χ1n) is 12.6. The summed E-state index contributed by atoms with van der Waals surface area (Å²) in [5.41, 5.74) is -1.06. The van der Waals surface area contributed by atoms with E-state index in [1.807, 2.05) is 11.8 Å². The molecule has 5 rings (SSSR count). The molecule has 0 radical (unpaired) electrons. The highest BCUT2D eigenvalue weighted by Crippen LogP contribution is 2.38. The fourth-order valence-electron chi connectivity index (χ4n) is 4.82. The Bertz CT molecular complexity index is 1510. The molecule has 1 fully saturated rings. The van der Waals surface area contributed by atoms with Crippen LogP contribution in [0.3, 0.4) is 0 Å². The van der Waals surface area contributed by atoms with Crippen molar-refractivity contribution in [3.63, 3.8) is 0 Å². The third-order valence-electron chi connectivity index (χ3n) is 6.93. The second kappa shape index (κ2) is 10.7. The number of aliphatic hydroxyl groups excluding tert-OH is 1. The lowest BCUT2D eigenvalue weighted by Crippen LogP contribution is -2.40. The molecule has 0 aliphatic carbocycles. The monoisotopic (exact) mass is 561 g/mol. The van der Waals surface area contributed by atoms with Crippen LogP contribution < -0.4 is 5.32 Å². The molecule has 1 aliphatic heterocycles. The Morgan fingerprint density at radius 2 is 1.73 bits per heavy atom. The van der Waals surface area contributed by atoms with Gasteiger partial charge in [0.2, 0.25) is 0 Å². The number of halogens is 6. The van der Waals surface area contributed by atoms with Crippen LogP contribution in [0.4, 0.5) is 37.8 Å². The number of hydrogen-bond donors (Lipinski definition) is 2. The predicted octanol–water partition coefficient (Wildman–Crippen LogP) is 6.99. The lowest BCUT2D eigenvalue weighted by atomic mass is 10.0. The quantitative estimate of drug-likeness (QED) is 0.256. The summed E-state index contributed by atoms with van der Waals surface area (Å²) in [5.74, 6) is 0.637. The van der Waals surface area contributed by atoms with Crippen molar-refractivity contribution in [2.75, 3.05) is 18.4 Å². The molecule has 0 saturated carbocycles. The lowest BCUT2D eigenvalue weighted by Gasteiger charge is -2.34. The van der Waals surface area contributed by atoms with Gasteiger partial charge in [0, 0.05) is 29.4 Å². The number of fused-ring (bicyclic) bond motifs is 1. The molecule has 4 aromatic rings. The number of nitrogens with one attached hydrogen (secondary N) is 1. The summed E-state index contributed by atoms with van der Waals surface area (Å²) in [6.45, 7) is 2.98. The van der Waals surface area contributed by atoms with Crippen molar-refractivity contribution in [1.82, 2.24) is 19.9 Å². The molecule has 0 bridgehead atoms. The number of nitrogens with zero attached hydrogens (tertiary/aromatic N) is 4. The number of likely N-dealkylation sites (tertiary alicyclic amines) is 1. The molecule has 40 heavy (non-hydrogen) atoms. The van der Waals surface area contributed by atoms with Gasteiger partial charge in [-0.3, -0.25) is 9.88 Å². The van der Waals surface area contributed by atoms with Crippen molar-refractivity contribution in [2.24, 2.45) is 0 Å². The molecular formula is C28H25F6N5O. The van der Waals surface area contributed by atoms with E-state index in [9.17, 15) is 31.4 Å². The van der Waals surface area contributed by atoms with Gasteiger partial charge in [-0.05, 0) is 74.8 Å². The van der Waals surface area contributed by atoms with E-state index in [-0.39, 0.29) is 23.1 Å². The van der Waals surface area contributed by atoms with Crippen LogP contribution in [0.1, 0.15) is 42.8 Å². The summed E-state index contributed by atoms with van der Waals surface area (Å²) in [6.07, 6.45) is -6.87. The molecule has 2 unspecified atom stereocenters. The average molecular weight is 562 g/mol. The number of aromatic nitrogens is 3. The van der Waals surface area contributed by atoms with Gasteiger partial charge in [0.05, 0.1) is 34.5 Å². The van der Waals surface area contributed by atoms with Gasteiger partial charge in [-0.2, -0.15) is 26.3 Å². The number of rotatable bonds is 5.